The van der Waals surface area contributed by atoms with Crippen LogP contribution >= 0.6 is 11.8 Å². The first-order valence-corrected chi connectivity index (χ1v) is 6.81. The summed E-state index contributed by atoms with van der Waals surface area (Å²) in [7, 11) is 0. The summed E-state index contributed by atoms with van der Waals surface area (Å²) in [5.41, 5.74) is 6.07. The van der Waals surface area contributed by atoms with Crippen LogP contribution in [0.15, 0.2) is 0 Å². The molecule has 78 valence electrons. The lowest BCUT2D eigenvalue weighted by Gasteiger charge is -2.24. The van der Waals surface area contributed by atoms with Crippen LogP contribution in [0.2, 0.25) is 0 Å². The molecule has 0 unspecified atom stereocenters. The van der Waals surface area contributed by atoms with Gasteiger partial charge in [0.05, 0.1) is 0 Å². The number of thioether (sulfide) groups is 1. The summed E-state index contributed by atoms with van der Waals surface area (Å²) in [6.45, 7) is 2.21. The van der Waals surface area contributed by atoms with Crippen molar-refractivity contribution in [1.29, 1.82) is 0 Å². The van der Waals surface area contributed by atoms with E-state index in [1.807, 2.05) is 11.8 Å². The van der Waals surface area contributed by atoms with Crippen LogP contribution in [0.4, 0.5) is 0 Å². The second kappa shape index (κ2) is 6.72. The minimum Gasteiger partial charge on any atom is -0.327 e. The lowest BCUT2D eigenvalue weighted by atomic mass is 9.85. The van der Waals surface area contributed by atoms with Gasteiger partial charge in [-0.1, -0.05) is 39.0 Å². The summed E-state index contributed by atoms with van der Waals surface area (Å²) in [6, 6.07) is 0.452. The van der Waals surface area contributed by atoms with Gasteiger partial charge in [0, 0.05) is 11.8 Å². The number of rotatable bonds is 5. The third kappa shape index (κ3) is 4.92. The van der Waals surface area contributed by atoms with Gasteiger partial charge in [0.1, 0.15) is 0 Å². The second-order valence-corrected chi connectivity index (χ2v) is 5.48. The topological polar surface area (TPSA) is 26.0 Å². The van der Waals surface area contributed by atoms with Gasteiger partial charge in [-0.15, -0.1) is 0 Å². The Morgan fingerprint density at radius 2 is 2.00 bits per heavy atom. The fourth-order valence-electron chi connectivity index (χ4n) is 2.19. The third-order valence-electron chi connectivity index (χ3n) is 2.90. The van der Waals surface area contributed by atoms with Gasteiger partial charge in [0.2, 0.25) is 0 Å². The van der Waals surface area contributed by atoms with Crippen LogP contribution in [-0.2, 0) is 0 Å². The molecule has 0 aliphatic heterocycles. The van der Waals surface area contributed by atoms with Crippen molar-refractivity contribution in [3.8, 4) is 0 Å². The van der Waals surface area contributed by atoms with Crippen molar-refractivity contribution in [3.63, 3.8) is 0 Å². The van der Waals surface area contributed by atoms with Crippen LogP contribution < -0.4 is 5.73 Å². The molecule has 1 atom stereocenters. The average Bonchev–Trinajstić information content (AvgIpc) is 2.16. The Morgan fingerprint density at radius 1 is 1.31 bits per heavy atom. The third-order valence-corrected chi connectivity index (χ3v) is 3.97. The van der Waals surface area contributed by atoms with Gasteiger partial charge in [-0.3, -0.25) is 0 Å². The maximum absolute atomic E-state index is 6.07. The van der Waals surface area contributed by atoms with Crippen molar-refractivity contribution in [2.24, 2.45) is 11.7 Å². The van der Waals surface area contributed by atoms with Gasteiger partial charge in [-0.05, 0) is 18.1 Å². The molecule has 0 saturated heterocycles. The highest BCUT2D eigenvalue weighted by Crippen LogP contribution is 2.27. The van der Waals surface area contributed by atoms with E-state index in [-0.39, 0.29) is 0 Å². The molecule has 1 fully saturated rings. The van der Waals surface area contributed by atoms with Gasteiger partial charge in [0.15, 0.2) is 0 Å². The molecule has 0 aromatic rings. The van der Waals surface area contributed by atoms with Crippen molar-refractivity contribution >= 4 is 11.8 Å². The van der Waals surface area contributed by atoms with Crippen LogP contribution in [0, 0.1) is 5.92 Å². The van der Waals surface area contributed by atoms with Crippen molar-refractivity contribution in [2.45, 2.75) is 51.5 Å². The van der Waals surface area contributed by atoms with Gasteiger partial charge < -0.3 is 5.73 Å². The zero-order valence-corrected chi connectivity index (χ0v) is 9.61. The molecule has 0 heterocycles. The molecule has 2 heteroatoms. The normalized spacial score (nSPS) is 21.7. The molecule has 0 radical (unpaired) electrons. The minimum atomic E-state index is 0.452. The first-order chi connectivity index (χ1) is 6.33. The van der Waals surface area contributed by atoms with E-state index in [9.17, 15) is 0 Å². The molecular weight excluding hydrogens is 178 g/mol. The van der Waals surface area contributed by atoms with Crippen LogP contribution in [0.25, 0.3) is 0 Å². The molecule has 0 aromatic carbocycles. The van der Waals surface area contributed by atoms with Crippen molar-refractivity contribution < 1.29 is 0 Å². The zero-order chi connectivity index (χ0) is 9.52. The Bertz CT molecular complexity index is 121. The molecule has 1 rings (SSSR count). The molecular formula is C11H23NS. The number of hydrogen-bond donors (Lipinski definition) is 1. The highest BCUT2D eigenvalue weighted by atomic mass is 32.2. The largest absolute Gasteiger partial charge is 0.327 e. The van der Waals surface area contributed by atoms with Crippen LogP contribution in [0.3, 0.4) is 0 Å². The summed E-state index contributed by atoms with van der Waals surface area (Å²) >= 11 is 1.98. The molecule has 1 aliphatic rings. The maximum atomic E-state index is 6.07. The summed E-state index contributed by atoms with van der Waals surface area (Å²) in [5, 5.41) is 0. The highest BCUT2D eigenvalue weighted by Gasteiger charge is 2.16. The lowest BCUT2D eigenvalue weighted by Crippen LogP contribution is -2.27. The molecule has 1 nitrogen and oxygen atoms in total. The number of nitrogens with two attached hydrogens (primary N) is 1. The SMILES string of the molecule is CCSC[C@@H](N)CC1CCCCC1. The zero-order valence-electron chi connectivity index (χ0n) is 8.80. The Labute approximate surface area is 86.8 Å². The lowest BCUT2D eigenvalue weighted by molar-refractivity contribution is 0.324. The smallest absolute Gasteiger partial charge is 0.0133 e. The Balaban J connectivity index is 2.07. The Kier molecular flexibility index (Phi) is 5.88. The molecule has 1 saturated carbocycles. The fourth-order valence-corrected chi connectivity index (χ4v) is 2.86. The predicted molar refractivity (Wildman–Crippen MR) is 62.2 cm³/mol. The first-order valence-electron chi connectivity index (χ1n) is 5.66. The summed E-state index contributed by atoms with van der Waals surface area (Å²) in [5.74, 6) is 3.31. The standard InChI is InChI=1S/C11H23NS/c1-2-13-9-11(12)8-10-6-4-3-5-7-10/h10-11H,2-9,12H2,1H3/t11-/m0/s1. The van der Waals surface area contributed by atoms with Crippen LogP contribution in [-0.4, -0.2) is 17.5 Å². The number of hydrogen-bond acceptors (Lipinski definition) is 2. The van der Waals surface area contributed by atoms with Gasteiger partial charge in [0.25, 0.3) is 0 Å². The predicted octanol–water partition coefficient (Wildman–Crippen LogP) is 3.04. The Morgan fingerprint density at radius 3 is 2.62 bits per heavy atom. The maximum Gasteiger partial charge on any atom is 0.0133 e. The summed E-state index contributed by atoms with van der Waals surface area (Å²) < 4.78 is 0. The molecule has 0 bridgehead atoms. The highest BCUT2D eigenvalue weighted by molar-refractivity contribution is 7.99. The van der Waals surface area contributed by atoms with Crippen molar-refractivity contribution in [3.05, 3.63) is 0 Å². The molecule has 1 aliphatic carbocycles. The van der Waals surface area contributed by atoms with Crippen molar-refractivity contribution in [2.75, 3.05) is 11.5 Å². The van der Waals surface area contributed by atoms with E-state index in [4.69, 9.17) is 5.73 Å². The summed E-state index contributed by atoms with van der Waals surface area (Å²) in [6.07, 6.45) is 8.48. The molecule has 0 aromatic heterocycles. The van der Waals surface area contributed by atoms with E-state index in [0.29, 0.717) is 6.04 Å². The van der Waals surface area contributed by atoms with Crippen LogP contribution in [0.1, 0.15) is 45.4 Å². The second-order valence-electron chi connectivity index (χ2n) is 4.16. The van der Waals surface area contributed by atoms with Gasteiger partial charge in [-0.2, -0.15) is 11.8 Å². The monoisotopic (exact) mass is 201 g/mol. The van der Waals surface area contributed by atoms with E-state index < -0.39 is 0 Å². The fraction of sp³-hybridized carbons (Fsp3) is 1.00. The first kappa shape index (κ1) is 11.4. The summed E-state index contributed by atoms with van der Waals surface area (Å²) in [4.78, 5) is 0. The molecule has 0 amide bonds. The van der Waals surface area contributed by atoms with E-state index in [1.54, 1.807) is 0 Å². The van der Waals surface area contributed by atoms with Crippen LogP contribution in [0.5, 0.6) is 0 Å². The van der Waals surface area contributed by atoms with E-state index in [1.165, 1.54) is 44.3 Å². The average molecular weight is 201 g/mol. The quantitative estimate of drug-likeness (QED) is 0.740. The van der Waals surface area contributed by atoms with E-state index >= 15 is 0 Å². The van der Waals surface area contributed by atoms with E-state index in [2.05, 4.69) is 6.92 Å². The van der Waals surface area contributed by atoms with Gasteiger partial charge >= 0.3 is 0 Å². The molecule has 0 spiro atoms. The molecule has 2 N–H and O–H groups in total. The minimum absolute atomic E-state index is 0.452. The van der Waals surface area contributed by atoms with E-state index in [0.717, 1.165) is 11.7 Å². The Hall–Kier alpha value is 0.310. The van der Waals surface area contributed by atoms with Crippen molar-refractivity contribution in [1.82, 2.24) is 0 Å². The van der Waals surface area contributed by atoms with Gasteiger partial charge in [-0.25, -0.2) is 0 Å². The molecule has 13 heavy (non-hydrogen) atoms.